The van der Waals surface area contributed by atoms with E-state index >= 15 is 0 Å². The molecule has 21 heavy (non-hydrogen) atoms. The van der Waals surface area contributed by atoms with Crippen LogP contribution < -0.4 is 10.2 Å². The van der Waals surface area contributed by atoms with Crippen LogP contribution in [-0.2, 0) is 16.7 Å². The monoisotopic (exact) mass is 291 g/mol. The molecule has 1 aliphatic rings. The van der Waals surface area contributed by atoms with Crippen molar-refractivity contribution in [2.24, 2.45) is 0 Å². The second kappa shape index (κ2) is 6.75. The molecule has 4 heteroatoms. The van der Waals surface area contributed by atoms with Crippen molar-refractivity contribution < 1.29 is 4.74 Å². The molecule has 0 amide bonds. The lowest BCUT2D eigenvalue weighted by Gasteiger charge is -2.24. The first-order valence-electron chi connectivity index (χ1n) is 7.94. The molecule has 2 rings (SSSR count). The fourth-order valence-electron chi connectivity index (χ4n) is 2.62. The van der Waals surface area contributed by atoms with Crippen molar-refractivity contribution in [3.05, 3.63) is 23.4 Å². The van der Waals surface area contributed by atoms with E-state index in [0.717, 1.165) is 44.1 Å². The third-order valence-corrected chi connectivity index (χ3v) is 4.02. The maximum absolute atomic E-state index is 5.47. The second-order valence-corrected chi connectivity index (χ2v) is 6.84. The summed E-state index contributed by atoms with van der Waals surface area (Å²) >= 11 is 0. The van der Waals surface area contributed by atoms with E-state index in [4.69, 9.17) is 9.72 Å². The summed E-state index contributed by atoms with van der Waals surface area (Å²) < 4.78 is 5.47. The number of nitrogens with zero attached hydrogens (tertiary/aromatic N) is 2. The first-order chi connectivity index (χ1) is 9.94. The summed E-state index contributed by atoms with van der Waals surface area (Å²) in [5, 5.41) is 3.41. The fraction of sp³-hybridized carbons (Fsp3) is 0.706. The van der Waals surface area contributed by atoms with Crippen molar-refractivity contribution in [1.29, 1.82) is 0 Å². The molecule has 0 spiro atoms. The van der Waals surface area contributed by atoms with Crippen LogP contribution in [0.3, 0.4) is 0 Å². The maximum Gasteiger partial charge on any atom is 0.129 e. The van der Waals surface area contributed by atoms with Gasteiger partial charge in [0, 0.05) is 37.9 Å². The Bertz CT molecular complexity index is 468. The third-order valence-electron chi connectivity index (χ3n) is 4.02. The molecular formula is C17H29N3O. The molecule has 1 saturated heterocycles. The number of methoxy groups -OCH3 is 1. The first-order valence-corrected chi connectivity index (χ1v) is 7.94. The van der Waals surface area contributed by atoms with Crippen LogP contribution in [0.25, 0.3) is 0 Å². The van der Waals surface area contributed by atoms with Gasteiger partial charge in [-0.1, -0.05) is 27.7 Å². The van der Waals surface area contributed by atoms with Crippen molar-refractivity contribution in [2.75, 3.05) is 31.6 Å². The molecule has 0 saturated carbocycles. The summed E-state index contributed by atoms with van der Waals surface area (Å²) in [7, 11) is 1.80. The van der Waals surface area contributed by atoms with Gasteiger partial charge in [0.15, 0.2) is 0 Å². The van der Waals surface area contributed by atoms with Crippen LogP contribution in [0.5, 0.6) is 0 Å². The highest BCUT2D eigenvalue weighted by molar-refractivity contribution is 5.45. The van der Waals surface area contributed by atoms with Crippen molar-refractivity contribution in [1.82, 2.24) is 10.3 Å². The third kappa shape index (κ3) is 4.17. The highest BCUT2D eigenvalue weighted by Crippen LogP contribution is 2.27. The van der Waals surface area contributed by atoms with E-state index in [1.54, 1.807) is 7.11 Å². The zero-order valence-electron chi connectivity index (χ0n) is 14.1. The summed E-state index contributed by atoms with van der Waals surface area (Å²) in [6.07, 6.45) is 1.42. The number of rotatable bonds is 5. The van der Waals surface area contributed by atoms with Crippen LogP contribution in [0.15, 0.2) is 12.1 Å². The molecule has 1 fully saturated rings. The summed E-state index contributed by atoms with van der Waals surface area (Å²) in [5.41, 5.74) is 2.54. The zero-order chi connectivity index (χ0) is 15.5. The second-order valence-electron chi connectivity index (χ2n) is 6.84. The number of nitrogens with one attached hydrogen (secondary N) is 1. The summed E-state index contributed by atoms with van der Waals surface area (Å²) in [5.74, 6) is 1.09. The minimum Gasteiger partial charge on any atom is -0.380 e. The van der Waals surface area contributed by atoms with Crippen molar-refractivity contribution >= 4 is 5.82 Å². The van der Waals surface area contributed by atoms with Gasteiger partial charge in [0.05, 0.1) is 6.10 Å². The Morgan fingerprint density at radius 1 is 1.38 bits per heavy atom. The van der Waals surface area contributed by atoms with Crippen LogP contribution in [0.1, 0.15) is 45.4 Å². The Labute approximate surface area is 128 Å². The quantitative estimate of drug-likeness (QED) is 0.905. The molecule has 0 radical (unpaired) electrons. The SMILES string of the molecule is CCNCc1cc(N2CCC(OC)C2)nc(C(C)(C)C)c1. The van der Waals surface area contributed by atoms with Gasteiger partial charge in [-0.3, -0.25) is 0 Å². The lowest BCUT2D eigenvalue weighted by atomic mass is 9.90. The summed E-state index contributed by atoms with van der Waals surface area (Å²) in [4.78, 5) is 7.25. The lowest BCUT2D eigenvalue weighted by Crippen LogP contribution is -2.25. The number of ether oxygens (including phenoxy) is 1. The minimum atomic E-state index is 0.0668. The number of hydrogen-bond acceptors (Lipinski definition) is 4. The normalized spacial score (nSPS) is 19.3. The van der Waals surface area contributed by atoms with Crippen LogP contribution in [0, 0.1) is 0 Å². The molecule has 1 aromatic rings. The maximum atomic E-state index is 5.47. The summed E-state index contributed by atoms with van der Waals surface area (Å²) in [6.45, 7) is 12.6. The van der Waals surface area contributed by atoms with Gasteiger partial charge in [-0.05, 0) is 30.7 Å². The van der Waals surface area contributed by atoms with Gasteiger partial charge in [-0.25, -0.2) is 4.98 Å². The lowest BCUT2D eigenvalue weighted by molar-refractivity contribution is 0.121. The Hall–Kier alpha value is -1.13. The molecule has 2 heterocycles. The van der Waals surface area contributed by atoms with Gasteiger partial charge in [0.2, 0.25) is 0 Å². The molecule has 1 unspecified atom stereocenters. The molecule has 1 aliphatic heterocycles. The molecule has 118 valence electrons. The predicted octanol–water partition coefficient (Wildman–Crippen LogP) is 2.71. The molecular weight excluding hydrogens is 262 g/mol. The van der Waals surface area contributed by atoms with Gasteiger partial charge in [0.25, 0.3) is 0 Å². The predicted molar refractivity (Wildman–Crippen MR) is 87.9 cm³/mol. The van der Waals surface area contributed by atoms with E-state index in [1.807, 2.05) is 0 Å². The first kappa shape index (κ1) is 16.2. The Kier molecular flexibility index (Phi) is 5.22. The summed E-state index contributed by atoms with van der Waals surface area (Å²) in [6, 6.07) is 4.45. The van der Waals surface area contributed by atoms with E-state index < -0.39 is 0 Å². The van der Waals surface area contributed by atoms with Crippen molar-refractivity contribution in [3.63, 3.8) is 0 Å². The topological polar surface area (TPSA) is 37.4 Å². The Morgan fingerprint density at radius 2 is 2.14 bits per heavy atom. The molecule has 1 aromatic heterocycles. The van der Waals surface area contributed by atoms with Crippen LogP contribution in [0.2, 0.25) is 0 Å². The zero-order valence-corrected chi connectivity index (χ0v) is 14.1. The van der Waals surface area contributed by atoms with Gasteiger partial charge in [-0.15, -0.1) is 0 Å². The highest BCUT2D eigenvalue weighted by atomic mass is 16.5. The average Bonchev–Trinajstić information content (AvgIpc) is 2.93. The molecule has 0 bridgehead atoms. The van der Waals surface area contributed by atoms with E-state index in [0.29, 0.717) is 6.10 Å². The van der Waals surface area contributed by atoms with Gasteiger partial charge in [0.1, 0.15) is 5.82 Å². The van der Waals surface area contributed by atoms with Gasteiger partial charge in [-0.2, -0.15) is 0 Å². The van der Waals surface area contributed by atoms with Gasteiger partial charge >= 0.3 is 0 Å². The number of hydrogen-bond donors (Lipinski definition) is 1. The Morgan fingerprint density at radius 3 is 2.71 bits per heavy atom. The van der Waals surface area contributed by atoms with Crippen molar-refractivity contribution in [3.8, 4) is 0 Å². The Balaban J connectivity index is 2.27. The standard InChI is InChI=1S/C17H29N3O/c1-6-18-11-13-9-15(17(2,3)4)19-16(10-13)20-8-7-14(12-20)21-5/h9-10,14,18H,6-8,11-12H2,1-5H3. The molecule has 1 N–H and O–H groups in total. The number of anilines is 1. The molecule has 0 aliphatic carbocycles. The average molecular weight is 291 g/mol. The van der Waals surface area contributed by atoms with E-state index in [1.165, 1.54) is 5.56 Å². The highest BCUT2D eigenvalue weighted by Gasteiger charge is 2.25. The van der Waals surface area contributed by atoms with Gasteiger partial charge < -0.3 is 15.0 Å². The molecule has 1 atom stereocenters. The largest absolute Gasteiger partial charge is 0.380 e. The molecule has 4 nitrogen and oxygen atoms in total. The minimum absolute atomic E-state index is 0.0668. The smallest absolute Gasteiger partial charge is 0.129 e. The van der Waals surface area contributed by atoms with Crippen LogP contribution in [-0.4, -0.2) is 37.8 Å². The van der Waals surface area contributed by atoms with Crippen molar-refractivity contribution in [2.45, 2.75) is 52.2 Å². The fourth-order valence-corrected chi connectivity index (χ4v) is 2.62. The number of pyridine rings is 1. The number of aromatic nitrogens is 1. The molecule has 0 aromatic carbocycles. The van der Waals surface area contributed by atoms with E-state index in [-0.39, 0.29) is 5.41 Å². The van der Waals surface area contributed by atoms with E-state index in [9.17, 15) is 0 Å². The van der Waals surface area contributed by atoms with E-state index in [2.05, 4.69) is 50.0 Å². The van der Waals surface area contributed by atoms with Crippen LogP contribution in [0.4, 0.5) is 5.82 Å². The van der Waals surface area contributed by atoms with Crippen LogP contribution >= 0.6 is 0 Å².